The molecule has 152 valence electrons. The lowest BCUT2D eigenvalue weighted by molar-refractivity contribution is -0.704. The minimum atomic E-state index is -0.328. The third kappa shape index (κ3) is 3.98. The van der Waals surface area contributed by atoms with Gasteiger partial charge in [-0.05, 0) is 37.6 Å². The minimum absolute atomic E-state index is 0.0372. The van der Waals surface area contributed by atoms with Gasteiger partial charge in [-0.25, -0.2) is 9.78 Å². The average Bonchev–Trinajstić information content (AvgIpc) is 3.29. The van der Waals surface area contributed by atoms with E-state index in [0.29, 0.717) is 18.7 Å². The largest absolute Gasteiger partial charge is 0.463 e. The van der Waals surface area contributed by atoms with E-state index in [9.17, 15) is 4.79 Å². The second kappa shape index (κ2) is 8.93. The average molecular weight is 401 g/mol. The number of aromatic nitrogens is 1. The molecule has 0 spiro atoms. The number of ether oxygens (including phenoxy) is 1. The number of pyridine rings is 1. The molecule has 4 aromatic rings. The smallest absolute Gasteiger partial charge is 0.340 e. The fourth-order valence-corrected chi connectivity index (χ4v) is 3.84. The summed E-state index contributed by atoms with van der Waals surface area (Å²) >= 11 is 0. The van der Waals surface area contributed by atoms with E-state index < -0.39 is 0 Å². The second-order valence-electron chi connectivity index (χ2n) is 7.14. The van der Waals surface area contributed by atoms with Crippen LogP contribution in [0, 0.1) is 6.92 Å². The lowest BCUT2D eigenvalue weighted by atomic mass is 10.0. The molecule has 2 aromatic heterocycles. The SMILES string of the molecule is CCOC(=O)c1c(C[NH2+][C@@H](c2ccccc2)c2ccco2)nc2ccccc2c1C. The van der Waals surface area contributed by atoms with E-state index in [1.807, 2.05) is 68.4 Å². The summed E-state index contributed by atoms with van der Waals surface area (Å²) in [6.45, 7) is 4.62. The number of aryl methyl sites for hydroxylation is 1. The number of quaternary nitrogens is 1. The van der Waals surface area contributed by atoms with E-state index in [1.165, 1.54) is 0 Å². The highest BCUT2D eigenvalue weighted by atomic mass is 16.5. The number of esters is 1. The summed E-state index contributed by atoms with van der Waals surface area (Å²) in [6.07, 6.45) is 1.68. The molecule has 30 heavy (non-hydrogen) atoms. The fourth-order valence-electron chi connectivity index (χ4n) is 3.84. The second-order valence-corrected chi connectivity index (χ2v) is 7.14. The lowest BCUT2D eigenvalue weighted by Gasteiger charge is -2.17. The van der Waals surface area contributed by atoms with Crippen molar-refractivity contribution in [3.8, 4) is 0 Å². The molecule has 2 heterocycles. The van der Waals surface area contributed by atoms with Crippen LogP contribution in [-0.2, 0) is 11.3 Å². The van der Waals surface area contributed by atoms with Crippen molar-refractivity contribution in [1.82, 2.24) is 4.98 Å². The zero-order valence-corrected chi connectivity index (χ0v) is 17.2. The standard InChI is InChI=1S/C25H24N2O3/c1-3-29-25(28)23-17(2)19-12-7-8-13-20(19)27-21(23)16-26-24(22-14-9-15-30-22)18-10-5-4-6-11-18/h4-15,24,26H,3,16H2,1-2H3/p+1/t24-/m0/s1. The zero-order chi connectivity index (χ0) is 20.9. The Bertz CT molecular complexity index is 1140. The van der Waals surface area contributed by atoms with Crippen molar-refractivity contribution in [2.45, 2.75) is 26.4 Å². The summed E-state index contributed by atoms with van der Waals surface area (Å²) in [4.78, 5) is 17.6. The summed E-state index contributed by atoms with van der Waals surface area (Å²) in [5.74, 6) is 0.530. The molecule has 2 aromatic carbocycles. The molecule has 0 bridgehead atoms. The highest BCUT2D eigenvalue weighted by molar-refractivity contribution is 5.98. The van der Waals surface area contributed by atoms with Gasteiger partial charge in [0.05, 0.1) is 24.0 Å². The lowest BCUT2D eigenvalue weighted by Crippen LogP contribution is -2.84. The van der Waals surface area contributed by atoms with Crippen LogP contribution in [0.3, 0.4) is 0 Å². The Kier molecular flexibility index (Phi) is 5.91. The van der Waals surface area contributed by atoms with Gasteiger partial charge in [-0.15, -0.1) is 0 Å². The van der Waals surface area contributed by atoms with Crippen molar-refractivity contribution in [3.05, 3.63) is 101 Å². The van der Waals surface area contributed by atoms with Crippen molar-refractivity contribution in [2.75, 3.05) is 6.61 Å². The zero-order valence-electron chi connectivity index (χ0n) is 17.2. The summed E-state index contributed by atoms with van der Waals surface area (Å²) < 4.78 is 11.1. The fraction of sp³-hybridized carbons (Fsp3) is 0.200. The molecule has 0 radical (unpaired) electrons. The molecule has 0 amide bonds. The van der Waals surface area contributed by atoms with Gasteiger partial charge in [0.15, 0.2) is 11.8 Å². The van der Waals surface area contributed by atoms with E-state index >= 15 is 0 Å². The van der Waals surface area contributed by atoms with Gasteiger partial charge in [0.1, 0.15) is 12.2 Å². The molecule has 4 rings (SSSR count). The van der Waals surface area contributed by atoms with Gasteiger partial charge >= 0.3 is 5.97 Å². The van der Waals surface area contributed by atoms with Crippen LogP contribution in [0.1, 0.15) is 45.9 Å². The van der Waals surface area contributed by atoms with E-state index in [-0.39, 0.29) is 12.0 Å². The van der Waals surface area contributed by atoms with Gasteiger partial charge in [-0.1, -0.05) is 48.5 Å². The first-order valence-electron chi connectivity index (χ1n) is 10.2. The number of carbonyl (C=O) groups excluding carboxylic acids is 1. The summed E-state index contributed by atoms with van der Waals surface area (Å²) in [6, 6.07) is 21.9. The quantitative estimate of drug-likeness (QED) is 0.472. The molecule has 0 saturated heterocycles. The molecule has 2 N–H and O–H groups in total. The number of nitrogens with two attached hydrogens (primary N) is 1. The normalized spacial score (nSPS) is 12.1. The number of rotatable bonds is 7. The number of fused-ring (bicyclic) bond motifs is 1. The van der Waals surface area contributed by atoms with Crippen LogP contribution in [0.25, 0.3) is 10.9 Å². The van der Waals surface area contributed by atoms with Gasteiger partial charge in [0.25, 0.3) is 0 Å². The first-order valence-corrected chi connectivity index (χ1v) is 10.2. The van der Waals surface area contributed by atoms with Gasteiger partial charge in [0, 0.05) is 10.9 Å². The third-order valence-corrected chi connectivity index (χ3v) is 5.26. The maximum atomic E-state index is 12.8. The Morgan fingerprint density at radius 2 is 1.83 bits per heavy atom. The highest BCUT2D eigenvalue weighted by Gasteiger charge is 2.25. The van der Waals surface area contributed by atoms with E-state index in [0.717, 1.165) is 33.5 Å². The van der Waals surface area contributed by atoms with Gasteiger partial charge in [0.2, 0.25) is 0 Å². The number of para-hydroxylation sites is 1. The predicted octanol–water partition coefficient (Wildman–Crippen LogP) is 4.17. The molecule has 0 aliphatic carbocycles. The van der Waals surface area contributed by atoms with Crippen LogP contribution < -0.4 is 5.32 Å². The van der Waals surface area contributed by atoms with Crippen LogP contribution in [-0.4, -0.2) is 17.6 Å². The Balaban J connectivity index is 1.73. The molecule has 5 heteroatoms. The van der Waals surface area contributed by atoms with Crippen LogP contribution in [0.5, 0.6) is 0 Å². The molecule has 5 nitrogen and oxygen atoms in total. The van der Waals surface area contributed by atoms with Crippen molar-refractivity contribution in [3.63, 3.8) is 0 Å². The molecule has 0 aliphatic heterocycles. The first-order chi connectivity index (χ1) is 14.7. The molecule has 0 saturated carbocycles. The van der Waals surface area contributed by atoms with Gasteiger partial charge < -0.3 is 14.5 Å². The van der Waals surface area contributed by atoms with E-state index in [4.69, 9.17) is 14.1 Å². The monoisotopic (exact) mass is 401 g/mol. The number of hydrogen-bond acceptors (Lipinski definition) is 4. The van der Waals surface area contributed by atoms with Crippen molar-refractivity contribution < 1.29 is 19.3 Å². The first kappa shape index (κ1) is 19.9. The third-order valence-electron chi connectivity index (χ3n) is 5.26. The maximum Gasteiger partial charge on any atom is 0.340 e. The van der Waals surface area contributed by atoms with Gasteiger partial charge in [-0.3, -0.25) is 0 Å². The van der Waals surface area contributed by atoms with Gasteiger partial charge in [-0.2, -0.15) is 0 Å². The number of hydrogen-bond donors (Lipinski definition) is 1. The maximum absolute atomic E-state index is 12.8. The van der Waals surface area contributed by atoms with E-state index in [1.54, 1.807) is 6.26 Å². The molecule has 0 fully saturated rings. The summed E-state index contributed by atoms with van der Waals surface area (Å²) in [5.41, 5.74) is 4.18. The Hall–Kier alpha value is -3.44. The Morgan fingerprint density at radius 3 is 2.57 bits per heavy atom. The predicted molar refractivity (Wildman–Crippen MR) is 115 cm³/mol. The highest BCUT2D eigenvalue weighted by Crippen LogP contribution is 2.24. The minimum Gasteiger partial charge on any atom is -0.463 e. The molecule has 1 atom stereocenters. The number of carbonyl (C=O) groups is 1. The Labute approximate surface area is 175 Å². The molecule has 0 aliphatic rings. The summed E-state index contributed by atoms with van der Waals surface area (Å²) in [5, 5.41) is 3.11. The van der Waals surface area contributed by atoms with Crippen LogP contribution in [0.2, 0.25) is 0 Å². The van der Waals surface area contributed by atoms with Crippen LogP contribution in [0.4, 0.5) is 0 Å². The Morgan fingerprint density at radius 1 is 1.07 bits per heavy atom. The summed E-state index contributed by atoms with van der Waals surface area (Å²) in [7, 11) is 0. The molecular formula is C25H25N2O3+. The van der Waals surface area contributed by atoms with Crippen LogP contribution in [0.15, 0.2) is 77.4 Å². The van der Waals surface area contributed by atoms with Crippen molar-refractivity contribution in [2.24, 2.45) is 0 Å². The topological polar surface area (TPSA) is 68.9 Å². The van der Waals surface area contributed by atoms with Crippen molar-refractivity contribution in [1.29, 1.82) is 0 Å². The van der Waals surface area contributed by atoms with E-state index in [2.05, 4.69) is 17.4 Å². The van der Waals surface area contributed by atoms with Crippen LogP contribution >= 0.6 is 0 Å². The molecule has 0 unspecified atom stereocenters. The molecular weight excluding hydrogens is 376 g/mol. The number of furan rings is 1. The number of nitrogens with zero attached hydrogens (tertiary/aromatic N) is 1. The van der Waals surface area contributed by atoms with Crippen molar-refractivity contribution >= 4 is 16.9 Å². The number of benzene rings is 2.